The Bertz CT molecular complexity index is 743. The molecule has 112 valence electrons. The summed E-state index contributed by atoms with van der Waals surface area (Å²) in [6, 6.07) is 4.41. The van der Waals surface area contributed by atoms with E-state index in [1.54, 1.807) is 6.07 Å². The molecule has 0 aliphatic carbocycles. The van der Waals surface area contributed by atoms with Gasteiger partial charge in [0.25, 0.3) is 10.0 Å². The van der Waals surface area contributed by atoms with Gasteiger partial charge in [0.2, 0.25) is 0 Å². The Kier molecular flexibility index (Phi) is 3.34. The van der Waals surface area contributed by atoms with Gasteiger partial charge in [0.05, 0.1) is 30.8 Å². The van der Waals surface area contributed by atoms with Crippen molar-refractivity contribution in [1.82, 2.24) is 10.2 Å². The van der Waals surface area contributed by atoms with Crippen molar-refractivity contribution >= 4 is 21.4 Å². The Morgan fingerprint density at radius 2 is 1.95 bits per heavy atom. The maximum Gasteiger partial charge on any atom is 0.278 e. The van der Waals surface area contributed by atoms with Gasteiger partial charge < -0.3 is 15.2 Å². The number of hydrogen-bond acceptors (Lipinski definition) is 6. The summed E-state index contributed by atoms with van der Waals surface area (Å²) < 4.78 is 37.7. The van der Waals surface area contributed by atoms with E-state index in [9.17, 15) is 8.42 Å². The van der Waals surface area contributed by atoms with Gasteiger partial charge in [-0.25, -0.2) is 0 Å². The van der Waals surface area contributed by atoms with Crippen LogP contribution in [0.4, 0.5) is 11.4 Å². The molecular weight excluding hydrogens is 296 g/mol. The van der Waals surface area contributed by atoms with Crippen LogP contribution in [0.3, 0.4) is 0 Å². The van der Waals surface area contributed by atoms with Crippen LogP contribution < -0.4 is 19.9 Å². The first-order chi connectivity index (χ1) is 10.1. The lowest BCUT2D eigenvalue weighted by Crippen LogP contribution is -2.14. The van der Waals surface area contributed by atoms with Gasteiger partial charge in [0, 0.05) is 18.6 Å². The number of H-pyrrole nitrogens is 1. The van der Waals surface area contributed by atoms with E-state index in [1.807, 2.05) is 0 Å². The van der Waals surface area contributed by atoms with Crippen LogP contribution in [-0.4, -0.2) is 31.8 Å². The molecule has 9 heteroatoms. The van der Waals surface area contributed by atoms with Crippen LogP contribution in [-0.2, 0) is 10.0 Å². The van der Waals surface area contributed by atoms with Gasteiger partial charge in [-0.05, 0) is 6.07 Å². The Morgan fingerprint density at radius 3 is 2.62 bits per heavy atom. The molecule has 0 fully saturated rings. The first-order valence-corrected chi connectivity index (χ1v) is 7.76. The van der Waals surface area contributed by atoms with Crippen LogP contribution in [0, 0.1) is 0 Å². The highest BCUT2D eigenvalue weighted by atomic mass is 32.2. The Hall–Kier alpha value is -2.42. The third-order valence-electron chi connectivity index (χ3n) is 2.93. The topological polar surface area (TPSA) is 119 Å². The van der Waals surface area contributed by atoms with E-state index >= 15 is 0 Å². The Labute approximate surface area is 121 Å². The lowest BCUT2D eigenvalue weighted by atomic mass is 10.2. The number of fused-ring (bicyclic) bond motifs is 1. The molecule has 3 rings (SSSR count). The number of nitrogens with two attached hydrogens (primary N) is 1. The number of aromatic nitrogens is 2. The van der Waals surface area contributed by atoms with Crippen LogP contribution in [0.25, 0.3) is 0 Å². The zero-order chi connectivity index (χ0) is 14.9. The molecular formula is C12H14N4O4S. The van der Waals surface area contributed by atoms with Gasteiger partial charge in [-0.15, -0.1) is 0 Å². The third-order valence-corrected chi connectivity index (χ3v) is 4.22. The summed E-state index contributed by atoms with van der Waals surface area (Å²) in [5, 5.41) is 5.96. The normalized spacial score (nSPS) is 14.5. The number of nitrogens with one attached hydrogen (secondary N) is 2. The molecule has 0 atom stereocenters. The standard InChI is InChI=1S/C12H14N4O4S/c13-8-6-10-11(20-5-1-4-19-10)7-9(8)16-21(17,18)12-2-3-14-15-12/h2-3,6-7,16H,1,4-5,13H2,(H,14,15). The van der Waals surface area contributed by atoms with Crippen LogP contribution in [0.2, 0.25) is 0 Å². The largest absolute Gasteiger partial charge is 0.489 e. The van der Waals surface area contributed by atoms with Crippen LogP contribution in [0.5, 0.6) is 11.5 Å². The summed E-state index contributed by atoms with van der Waals surface area (Å²) in [5.41, 5.74) is 6.35. The first kappa shape index (κ1) is 13.6. The zero-order valence-electron chi connectivity index (χ0n) is 11.0. The molecule has 2 heterocycles. The van der Waals surface area contributed by atoms with Crippen LogP contribution in [0.1, 0.15) is 6.42 Å². The maximum absolute atomic E-state index is 12.1. The molecule has 1 aromatic heterocycles. The van der Waals surface area contributed by atoms with Gasteiger partial charge in [0.1, 0.15) is 0 Å². The number of nitrogen functional groups attached to an aromatic ring is 1. The Morgan fingerprint density at radius 1 is 1.24 bits per heavy atom. The number of sulfonamides is 1. The smallest absolute Gasteiger partial charge is 0.278 e. The minimum absolute atomic E-state index is 0.0472. The molecule has 0 amide bonds. The van der Waals surface area contributed by atoms with E-state index in [2.05, 4.69) is 14.9 Å². The molecule has 8 nitrogen and oxygen atoms in total. The van der Waals surface area contributed by atoms with Gasteiger partial charge >= 0.3 is 0 Å². The molecule has 1 aromatic carbocycles. The number of aromatic amines is 1. The van der Waals surface area contributed by atoms with Gasteiger partial charge in [0.15, 0.2) is 16.5 Å². The van der Waals surface area contributed by atoms with Crippen LogP contribution in [0.15, 0.2) is 29.4 Å². The average molecular weight is 310 g/mol. The molecule has 21 heavy (non-hydrogen) atoms. The van der Waals surface area contributed by atoms with Gasteiger partial charge in [-0.1, -0.05) is 0 Å². The minimum atomic E-state index is -3.77. The van der Waals surface area contributed by atoms with Crippen molar-refractivity contribution in [3.8, 4) is 11.5 Å². The highest BCUT2D eigenvalue weighted by Crippen LogP contribution is 2.37. The van der Waals surface area contributed by atoms with Crippen molar-refractivity contribution in [1.29, 1.82) is 0 Å². The number of rotatable bonds is 3. The predicted molar refractivity (Wildman–Crippen MR) is 75.9 cm³/mol. The highest BCUT2D eigenvalue weighted by molar-refractivity contribution is 7.92. The number of ether oxygens (including phenoxy) is 2. The second-order valence-electron chi connectivity index (χ2n) is 4.46. The van der Waals surface area contributed by atoms with E-state index in [1.165, 1.54) is 18.3 Å². The fraction of sp³-hybridized carbons (Fsp3) is 0.250. The summed E-state index contributed by atoms with van der Waals surface area (Å²) in [7, 11) is -3.77. The van der Waals surface area contributed by atoms with E-state index in [4.69, 9.17) is 15.2 Å². The molecule has 1 aliphatic rings. The third kappa shape index (κ3) is 2.72. The highest BCUT2D eigenvalue weighted by Gasteiger charge is 2.20. The number of benzene rings is 1. The van der Waals surface area contributed by atoms with Crippen molar-refractivity contribution in [3.63, 3.8) is 0 Å². The summed E-state index contributed by atoms with van der Waals surface area (Å²) in [6.07, 6.45) is 2.11. The van der Waals surface area contributed by atoms with Crippen LogP contribution >= 0.6 is 0 Å². The van der Waals surface area contributed by atoms with Crippen molar-refractivity contribution in [2.45, 2.75) is 11.4 Å². The second-order valence-corrected chi connectivity index (χ2v) is 6.11. The van der Waals surface area contributed by atoms with Gasteiger partial charge in [-0.2, -0.15) is 13.5 Å². The lowest BCUT2D eigenvalue weighted by molar-refractivity contribution is 0.297. The monoisotopic (exact) mass is 310 g/mol. The molecule has 0 unspecified atom stereocenters. The summed E-state index contributed by atoms with van der Waals surface area (Å²) in [4.78, 5) is 0. The zero-order valence-corrected chi connectivity index (χ0v) is 11.8. The van der Waals surface area contributed by atoms with Crippen molar-refractivity contribution in [2.24, 2.45) is 0 Å². The fourth-order valence-corrected chi connectivity index (χ4v) is 2.89. The maximum atomic E-state index is 12.1. The fourth-order valence-electron chi connectivity index (χ4n) is 1.91. The molecule has 2 aromatic rings. The van der Waals surface area contributed by atoms with E-state index in [0.717, 1.165) is 6.42 Å². The molecule has 0 radical (unpaired) electrons. The molecule has 0 spiro atoms. The predicted octanol–water partition coefficient (Wildman–Crippen LogP) is 0.954. The first-order valence-electron chi connectivity index (χ1n) is 6.27. The van der Waals surface area contributed by atoms with E-state index in [0.29, 0.717) is 24.7 Å². The van der Waals surface area contributed by atoms with E-state index < -0.39 is 10.0 Å². The molecule has 4 N–H and O–H groups in total. The van der Waals surface area contributed by atoms with Gasteiger partial charge in [-0.3, -0.25) is 9.82 Å². The molecule has 0 bridgehead atoms. The number of hydrogen-bond donors (Lipinski definition) is 3. The van der Waals surface area contributed by atoms with E-state index in [-0.39, 0.29) is 16.4 Å². The SMILES string of the molecule is Nc1cc2c(cc1NS(=O)(=O)c1ccn[nH]1)OCCCO2. The molecule has 0 saturated carbocycles. The number of nitrogens with zero attached hydrogens (tertiary/aromatic N) is 1. The summed E-state index contributed by atoms with van der Waals surface area (Å²) >= 11 is 0. The quantitative estimate of drug-likeness (QED) is 0.726. The molecule has 0 saturated heterocycles. The number of anilines is 2. The van der Waals surface area contributed by atoms with Crippen molar-refractivity contribution < 1.29 is 17.9 Å². The van der Waals surface area contributed by atoms with Crippen molar-refractivity contribution in [3.05, 3.63) is 24.4 Å². The Balaban J connectivity index is 1.94. The minimum Gasteiger partial charge on any atom is -0.489 e. The summed E-state index contributed by atoms with van der Waals surface area (Å²) in [6.45, 7) is 1.04. The lowest BCUT2D eigenvalue weighted by Gasteiger charge is -2.13. The summed E-state index contributed by atoms with van der Waals surface area (Å²) in [5.74, 6) is 0.971. The van der Waals surface area contributed by atoms with Crippen molar-refractivity contribution in [2.75, 3.05) is 23.7 Å². The molecule has 1 aliphatic heterocycles. The second kappa shape index (κ2) is 5.17. The average Bonchev–Trinajstić information content (AvgIpc) is 2.89.